The van der Waals surface area contributed by atoms with Crippen LogP contribution in [0.1, 0.15) is 27.2 Å². The third-order valence-electron chi connectivity index (χ3n) is 6.08. The molecule has 2 aromatic carbocycles. The Bertz CT molecular complexity index is 1450. The van der Waals surface area contributed by atoms with Crippen LogP contribution >= 0.6 is 12.2 Å². The van der Waals surface area contributed by atoms with Gasteiger partial charge in [0.25, 0.3) is 0 Å². The van der Waals surface area contributed by atoms with Gasteiger partial charge in [0.15, 0.2) is 10.6 Å². The Balaban J connectivity index is 1.42. The van der Waals surface area contributed by atoms with E-state index in [0.29, 0.717) is 35.7 Å². The van der Waals surface area contributed by atoms with Crippen LogP contribution in [0.15, 0.2) is 42.5 Å². The number of aryl methyl sites for hydroxylation is 1. The minimum atomic E-state index is -0.381. The van der Waals surface area contributed by atoms with E-state index in [1.54, 1.807) is 10.6 Å². The van der Waals surface area contributed by atoms with Crippen LogP contribution in [0.3, 0.4) is 0 Å². The van der Waals surface area contributed by atoms with E-state index in [4.69, 9.17) is 17.0 Å². The van der Waals surface area contributed by atoms with Crippen LogP contribution in [0.4, 0.5) is 0 Å². The van der Waals surface area contributed by atoms with Crippen LogP contribution in [0, 0.1) is 11.7 Å². The number of rotatable bonds is 4. The molecule has 8 nitrogen and oxygen atoms in total. The van der Waals surface area contributed by atoms with E-state index < -0.39 is 0 Å². The lowest BCUT2D eigenvalue weighted by molar-refractivity contribution is -0.132. The van der Waals surface area contributed by atoms with Crippen molar-refractivity contribution in [2.75, 3.05) is 13.7 Å². The Morgan fingerprint density at radius 1 is 1.21 bits per heavy atom. The number of methoxy groups -OCH3 is 1. The first-order valence-corrected chi connectivity index (χ1v) is 11.1. The zero-order valence-corrected chi connectivity index (χ0v) is 19.2. The van der Waals surface area contributed by atoms with Crippen LogP contribution < -0.4 is 0 Å². The SMILES string of the molecule is COC(=O)c1ccc2[nH]c3c(c2c1)CN(C(=O)Cn1c(-c2cccc(C)c2)n[nH]c1=S)CC3. The molecule has 0 bridgehead atoms. The molecule has 1 amide bonds. The Labute approximate surface area is 195 Å². The van der Waals surface area contributed by atoms with Gasteiger partial charge in [-0.3, -0.25) is 14.5 Å². The average molecular weight is 462 g/mol. The number of carbonyl (C=O) groups is 2. The number of hydrogen-bond acceptors (Lipinski definition) is 5. The van der Waals surface area contributed by atoms with Gasteiger partial charge in [0.05, 0.1) is 12.7 Å². The minimum Gasteiger partial charge on any atom is -0.465 e. The fourth-order valence-corrected chi connectivity index (χ4v) is 4.57. The topological polar surface area (TPSA) is 96.0 Å². The summed E-state index contributed by atoms with van der Waals surface area (Å²) in [6.45, 7) is 3.18. The van der Waals surface area contributed by atoms with E-state index in [2.05, 4.69) is 15.2 Å². The molecule has 3 heterocycles. The molecule has 2 aromatic heterocycles. The second kappa shape index (κ2) is 8.32. The van der Waals surface area contributed by atoms with E-state index in [0.717, 1.165) is 33.3 Å². The van der Waals surface area contributed by atoms with Gasteiger partial charge in [-0.1, -0.05) is 23.8 Å². The molecule has 9 heteroatoms. The van der Waals surface area contributed by atoms with Crippen LogP contribution in [-0.4, -0.2) is 50.2 Å². The van der Waals surface area contributed by atoms with Gasteiger partial charge in [0.1, 0.15) is 6.54 Å². The van der Waals surface area contributed by atoms with Crippen molar-refractivity contribution in [1.82, 2.24) is 24.6 Å². The molecule has 1 aliphatic rings. The molecule has 1 aliphatic heterocycles. The third-order valence-corrected chi connectivity index (χ3v) is 6.39. The third kappa shape index (κ3) is 3.84. The average Bonchev–Trinajstić information content (AvgIpc) is 3.37. The van der Waals surface area contributed by atoms with E-state index in [1.807, 2.05) is 48.2 Å². The van der Waals surface area contributed by atoms with E-state index >= 15 is 0 Å². The molecular formula is C24H23N5O3S. The van der Waals surface area contributed by atoms with E-state index in [-0.39, 0.29) is 18.4 Å². The van der Waals surface area contributed by atoms with Gasteiger partial charge in [-0.15, -0.1) is 0 Å². The highest BCUT2D eigenvalue weighted by atomic mass is 32.1. The van der Waals surface area contributed by atoms with Crippen molar-refractivity contribution in [3.05, 3.63) is 69.6 Å². The number of benzene rings is 2. The van der Waals surface area contributed by atoms with Gasteiger partial charge in [0, 0.05) is 47.2 Å². The maximum atomic E-state index is 13.3. The normalized spacial score (nSPS) is 13.2. The fourth-order valence-electron chi connectivity index (χ4n) is 4.38. The van der Waals surface area contributed by atoms with Crippen LogP contribution in [-0.2, 0) is 29.0 Å². The number of aromatic amines is 2. The van der Waals surface area contributed by atoms with Gasteiger partial charge in [0.2, 0.25) is 5.91 Å². The maximum Gasteiger partial charge on any atom is 0.337 e. The van der Waals surface area contributed by atoms with Crippen molar-refractivity contribution in [2.24, 2.45) is 0 Å². The summed E-state index contributed by atoms with van der Waals surface area (Å²) in [7, 11) is 1.37. The molecule has 0 fully saturated rings. The molecule has 0 saturated heterocycles. The first-order valence-electron chi connectivity index (χ1n) is 10.7. The Hall–Kier alpha value is -3.72. The summed E-state index contributed by atoms with van der Waals surface area (Å²) in [5.74, 6) is 0.226. The van der Waals surface area contributed by atoms with Gasteiger partial charge in [-0.05, 0) is 43.4 Å². The number of ether oxygens (including phenoxy) is 1. The van der Waals surface area contributed by atoms with Crippen molar-refractivity contribution in [1.29, 1.82) is 0 Å². The fraction of sp³-hybridized carbons (Fsp3) is 0.250. The summed E-state index contributed by atoms with van der Waals surface area (Å²) in [5, 5.41) is 8.11. The van der Waals surface area contributed by atoms with Gasteiger partial charge >= 0.3 is 5.97 Å². The second-order valence-corrected chi connectivity index (χ2v) is 8.59. The molecule has 0 spiro atoms. The number of aromatic nitrogens is 4. The van der Waals surface area contributed by atoms with E-state index in [9.17, 15) is 9.59 Å². The van der Waals surface area contributed by atoms with Crippen molar-refractivity contribution in [3.8, 4) is 11.4 Å². The number of nitrogens with one attached hydrogen (secondary N) is 2. The molecule has 0 aliphatic carbocycles. The van der Waals surface area contributed by atoms with Gasteiger partial charge < -0.3 is 14.6 Å². The smallest absolute Gasteiger partial charge is 0.337 e. The summed E-state index contributed by atoms with van der Waals surface area (Å²) in [6.07, 6.45) is 0.713. The zero-order valence-electron chi connectivity index (χ0n) is 18.3. The van der Waals surface area contributed by atoms with Crippen LogP contribution in [0.25, 0.3) is 22.3 Å². The highest BCUT2D eigenvalue weighted by Crippen LogP contribution is 2.29. The molecule has 0 unspecified atom stereocenters. The molecular weight excluding hydrogens is 438 g/mol. The van der Waals surface area contributed by atoms with Crippen molar-refractivity contribution in [3.63, 3.8) is 0 Å². The van der Waals surface area contributed by atoms with Crippen molar-refractivity contribution < 1.29 is 14.3 Å². The predicted molar refractivity (Wildman–Crippen MR) is 126 cm³/mol. The Morgan fingerprint density at radius 2 is 2.06 bits per heavy atom. The second-order valence-electron chi connectivity index (χ2n) is 8.21. The molecule has 0 radical (unpaired) electrons. The zero-order chi connectivity index (χ0) is 23.1. The van der Waals surface area contributed by atoms with Gasteiger partial charge in [-0.25, -0.2) is 4.79 Å². The molecule has 168 valence electrons. The lowest BCUT2D eigenvalue weighted by atomic mass is 10.0. The van der Waals surface area contributed by atoms with E-state index in [1.165, 1.54) is 7.11 Å². The highest BCUT2D eigenvalue weighted by molar-refractivity contribution is 7.71. The van der Waals surface area contributed by atoms with Crippen molar-refractivity contribution >= 4 is 35.0 Å². The molecule has 5 rings (SSSR count). The van der Waals surface area contributed by atoms with Gasteiger partial charge in [-0.2, -0.15) is 5.10 Å². The highest BCUT2D eigenvalue weighted by Gasteiger charge is 2.25. The molecule has 4 aromatic rings. The molecule has 0 atom stereocenters. The Morgan fingerprint density at radius 3 is 2.85 bits per heavy atom. The molecule has 2 N–H and O–H groups in total. The summed E-state index contributed by atoms with van der Waals surface area (Å²) in [5.41, 5.74) is 5.57. The largest absolute Gasteiger partial charge is 0.465 e. The Kier molecular flexibility index (Phi) is 5.33. The first-order chi connectivity index (χ1) is 15.9. The predicted octanol–water partition coefficient (Wildman–Crippen LogP) is 3.77. The summed E-state index contributed by atoms with van der Waals surface area (Å²) in [6, 6.07) is 13.4. The quantitative estimate of drug-likeness (QED) is 0.356. The summed E-state index contributed by atoms with van der Waals surface area (Å²) in [4.78, 5) is 30.5. The first kappa shape index (κ1) is 21.1. The number of nitrogens with zero attached hydrogens (tertiary/aromatic N) is 3. The summed E-state index contributed by atoms with van der Waals surface area (Å²) >= 11 is 5.41. The number of H-pyrrole nitrogens is 2. The van der Waals surface area contributed by atoms with Crippen LogP contribution in [0.5, 0.6) is 0 Å². The minimum absolute atomic E-state index is 0.0366. The number of hydrogen-bond donors (Lipinski definition) is 2. The van der Waals surface area contributed by atoms with Crippen LogP contribution in [0.2, 0.25) is 0 Å². The monoisotopic (exact) mass is 461 g/mol. The number of fused-ring (bicyclic) bond motifs is 3. The summed E-state index contributed by atoms with van der Waals surface area (Å²) < 4.78 is 7.01. The van der Waals surface area contributed by atoms with Crippen molar-refractivity contribution in [2.45, 2.75) is 26.4 Å². The lowest BCUT2D eigenvalue weighted by Gasteiger charge is -2.27. The molecule has 0 saturated carbocycles. The standard InChI is InChI=1S/C24H23N5O3S/c1-14-4-3-5-15(10-14)22-26-27-24(33)29(22)13-21(30)28-9-8-20-18(12-28)17-11-16(23(31)32-2)6-7-19(17)25-20/h3-7,10-11,25H,8-9,12-13H2,1-2H3,(H,27,33). The number of amides is 1. The maximum absolute atomic E-state index is 13.3. The number of esters is 1. The number of carbonyl (C=O) groups excluding carboxylic acids is 2. The molecule has 33 heavy (non-hydrogen) atoms. The lowest BCUT2D eigenvalue weighted by Crippen LogP contribution is -2.38.